The Morgan fingerprint density at radius 2 is 2.35 bits per heavy atom. The molecule has 0 spiro atoms. The molecule has 1 heterocycles. The molecule has 0 saturated carbocycles. The van der Waals surface area contributed by atoms with E-state index in [0.29, 0.717) is 32.7 Å². The number of carbonyl (C=O) groups excluding carboxylic acids is 1. The summed E-state index contributed by atoms with van der Waals surface area (Å²) in [6, 6.07) is 3.71. The molecule has 0 fully saturated rings. The summed E-state index contributed by atoms with van der Waals surface area (Å²) in [5.41, 5.74) is 0. The zero-order chi connectivity index (χ0) is 12.3. The van der Waals surface area contributed by atoms with Crippen LogP contribution in [0, 0.1) is 0 Å². The largest absolute Gasteiger partial charge is 0.467 e. The molecular weight excluding hydrogens is 220 g/mol. The molecule has 1 rings (SSSR count). The maximum absolute atomic E-state index is 11.2. The molecule has 0 radical (unpaired) electrons. The van der Waals surface area contributed by atoms with Crippen molar-refractivity contribution < 1.29 is 13.9 Å². The Balaban J connectivity index is 1.89. The van der Waals surface area contributed by atoms with Gasteiger partial charge in [-0.05, 0) is 25.6 Å². The third kappa shape index (κ3) is 6.76. The van der Waals surface area contributed by atoms with E-state index in [1.807, 2.05) is 19.2 Å². The van der Waals surface area contributed by atoms with Gasteiger partial charge < -0.3 is 19.8 Å². The van der Waals surface area contributed by atoms with E-state index in [9.17, 15) is 4.79 Å². The van der Waals surface area contributed by atoms with Crippen molar-refractivity contribution in [3.8, 4) is 0 Å². The second kappa shape index (κ2) is 8.78. The van der Waals surface area contributed by atoms with Crippen molar-refractivity contribution in [1.82, 2.24) is 10.6 Å². The molecule has 5 heteroatoms. The maximum Gasteiger partial charge on any atom is 0.221 e. The smallest absolute Gasteiger partial charge is 0.221 e. The first-order valence-electron chi connectivity index (χ1n) is 5.84. The number of nitrogens with one attached hydrogen (secondary N) is 2. The predicted molar refractivity (Wildman–Crippen MR) is 64.5 cm³/mol. The minimum atomic E-state index is 0.0744. The van der Waals surface area contributed by atoms with E-state index < -0.39 is 0 Å². The van der Waals surface area contributed by atoms with Crippen molar-refractivity contribution in [1.29, 1.82) is 0 Å². The van der Waals surface area contributed by atoms with Crippen LogP contribution in [0.25, 0.3) is 0 Å². The Kier molecular flexibility index (Phi) is 7.09. The Morgan fingerprint density at radius 1 is 1.47 bits per heavy atom. The molecule has 0 atom stereocenters. The van der Waals surface area contributed by atoms with Crippen molar-refractivity contribution in [2.75, 3.05) is 26.7 Å². The van der Waals surface area contributed by atoms with Crippen molar-refractivity contribution in [3.63, 3.8) is 0 Å². The van der Waals surface area contributed by atoms with E-state index in [1.54, 1.807) is 6.26 Å². The lowest BCUT2D eigenvalue weighted by Gasteiger charge is -2.05. The summed E-state index contributed by atoms with van der Waals surface area (Å²) in [6.45, 7) is 2.47. The number of ether oxygens (including phenoxy) is 1. The first-order valence-corrected chi connectivity index (χ1v) is 5.84. The van der Waals surface area contributed by atoms with E-state index in [1.165, 1.54) is 0 Å². The lowest BCUT2D eigenvalue weighted by molar-refractivity contribution is -0.121. The van der Waals surface area contributed by atoms with E-state index >= 15 is 0 Å². The molecule has 5 nitrogen and oxygen atoms in total. The van der Waals surface area contributed by atoms with Gasteiger partial charge in [0.15, 0.2) is 0 Å². The lowest BCUT2D eigenvalue weighted by Crippen LogP contribution is -2.27. The first kappa shape index (κ1) is 13.7. The van der Waals surface area contributed by atoms with Crippen molar-refractivity contribution in [2.45, 2.75) is 19.4 Å². The molecule has 96 valence electrons. The Hall–Kier alpha value is -1.33. The van der Waals surface area contributed by atoms with E-state index in [0.717, 1.165) is 12.2 Å². The van der Waals surface area contributed by atoms with E-state index in [-0.39, 0.29) is 5.91 Å². The second-order valence-corrected chi connectivity index (χ2v) is 3.69. The molecule has 0 aliphatic carbocycles. The highest BCUT2D eigenvalue weighted by molar-refractivity contribution is 5.75. The minimum Gasteiger partial charge on any atom is -0.467 e. The zero-order valence-corrected chi connectivity index (χ0v) is 10.2. The average molecular weight is 240 g/mol. The third-order valence-corrected chi connectivity index (χ3v) is 2.21. The Labute approximate surface area is 102 Å². The van der Waals surface area contributed by atoms with Gasteiger partial charge in [-0.3, -0.25) is 4.79 Å². The van der Waals surface area contributed by atoms with Crippen molar-refractivity contribution in [2.24, 2.45) is 0 Å². The Morgan fingerprint density at radius 3 is 3.06 bits per heavy atom. The van der Waals surface area contributed by atoms with Gasteiger partial charge in [0.25, 0.3) is 0 Å². The van der Waals surface area contributed by atoms with Crippen LogP contribution in [0.15, 0.2) is 22.8 Å². The highest BCUT2D eigenvalue weighted by Crippen LogP contribution is 2.01. The SMILES string of the molecule is CNCCC(=O)NCCCOCc1ccco1. The van der Waals surface area contributed by atoms with Crippen molar-refractivity contribution in [3.05, 3.63) is 24.2 Å². The van der Waals surface area contributed by atoms with Crippen molar-refractivity contribution >= 4 is 5.91 Å². The van der Waals surface area contributed by atoms with Crippen LogP contribution in [0.4, 0.5) is 0 Å². The molecule has 0 aliphatic heterocycles. The normalized spacial score (nSPS) is 10.4. The molecule has 0 bridgehead atoms. The van der Waals surface area contributed by atoms with Gasteiger partial charge in [-0.15, -0.1) is 0 Å². The van der Waals surface area contributed by atoms with Crippen LogP contribution in [0.2, 0.25) is 0 Å². The summed E-state index contributed by atoms with van der Waals surface area (Å²) in [5.74, 6) is 0.897. The number of hydrogen-bond donors (Lipinski definition) is 2. The molecule has 1 aromatic rings. The third-order valence-electron chi connectivity index (χ3n) is 2.21. The molecule has 0 aliphatic rings. The molecule has 0 saturated heterocycles. The number of amides is 1. The van der Waals surface area contributed by atoms with Crippen LogP contribution in [-0.4, -0.2) is 32.7 Å². The minimum absolute atomic E-state index is 0.0744. The summed E-state index contributed by atoms with van der Waals surface area (Å²) in [7, 11) is 1.83. The summed E-state index contributed by atoms with van der Waals surface area (Å²) < 4.78 is 10.5. The van der Waals surface area contributed by atoms with Crippen LogP contribution >= 0.6 is 0 Å². The predicted octanol–water partition coefficient (Wildman–Crippen LogP) is 0.912. The standard InChI is InChI=1S/C12H20N2O3/c1-13-7-5-12(15)14-6-3-8-16-10-11-4-2-9-17-11/h2,4,9,13H,3,5-8,10H2,1H3,(H,14,15). The topological polar surface area (TPSA) is 63.5 Å². The van der Waals surface area contributed by atoms with Gasteiger partial charge in [0, 0.05) is 26.1 Å². The van der Waals surface area contributed by atoms with Crippen LogP contribution in [0.1, 0.15) is 18.6 Å². The quantitative estimate of drug-likeness (QED) is 0.630. The number of hydrogen-bond acceptors (Lipinski definition) is 4. The van der Waals surface area contributed by atoms with Gasteiger partial charge in [0.05, 0.1) is 6.26 Å². The molecule has 1 amide bonds. The number of rotatable bonds is 9. The molecule has 1 aromatic heterocycles. The Bertz CT molecular complexity index is 299. The van der Waals surface area contributed by atoms with Gasteiger partial charge in [-0.2, -0.15) is 0 Å². The van der Waals surface area contributed by atoms with Crippen LogP contribution in [0.5, 0.6) is 0 Å². The van der Waals surface area contributed by atoms with Crippen LogP contribution in [-0.2, 0) is 16.1 Å². The molecular formula is C12H20N2O3. The van der Waals surface area contributed by atoms with Gasteiger partial charge in [-0.1, -0.05) is 0 Å². The first-order chi connectivity index (χ1) is 8.33. The highest BCUT2D eigenvalue weighted by Gasteiger charge is 1.99. The average Bonchev–Trinajstić information content (AvgIpc) is 2.84. The second-order valence-electron chi connectivity index (χ2n) is 3.69. The fourth-order valence-electron chi connectivity index (χ4n) is 1.30. The van der Waals surface area contributed by atoms with Gasteiger partial charge in [0.2, 0.25) is 5.91 Å². The van der Waals surface area contributed by atoms with Gasteiger partial charge in [0.1, 0.15) is 12.4 Å². The molecule has 0 aromatic carbocycles. The van der Waals surface area contributed by atoms with E-state index in [4.69, 9.17) is 9.15 Å². The fourth-order valence-corrected chi connectivity index (χ4v) is 1.30. The maximum atomic E-state index is 11.2. The van der Waals surface area contributed by atoms with E-state index in [2.05, 4.69) is 10.6 Å². The highest BCUT2D eigenvalue weighted by atomic mass is 16.5. The van der Waals surface area contributed by atoms with Gasteiger partial charge >= 0.3 is 0 Å². The number of furan rings is 1. The van der Waals surface area contributed by atoms with Gasteiger partial charge in [-0.25, -0.2) is 0 Å². The number of carbonyl (C=O) groups is 1. The van der Waals surface area contributed by atoms with Crippen LogP contribution in [0.3, 0.4) is 0 Å². The summed E-state index contributed by atoms with van der Waals surface area (Å²) >= 11 is 0. The summed E-state index contributed by atoms with van der Waals surface area (Å²) in [6.07, 6.45) is 2.95. The summed E-state index contributed by atoms with van der Waals surface area (Å²) in [4.78, 5) is 11.2. The molecule has 17 heavy (non-hydrogen) atoms. The van der Waals surface area contributed by atoms with Crippen LogP contribution < -0.4 is 10.6 Å². The monoisotopic (exact) mass is 240 g/mol. The summed E-state index contributed by atoms with van der Waals surface area (Å²) in [5, 5.41) is 5.76. The zero-order valence-electron chi connectivity index (χ0n) is 10.2. The molecule has 0 unspecified atom stereocenters. The lowest BCUT2D eigenvalue weighted by atomic mass is 10.3. The molecule has 2 N–H and O–H groups in total. The fraction of sp³-hybridized carbons (Fsp3) is 0.583.